The van der Waals surface area contributed by atoms with Crippen LogP contribution in [0.5, 0.6) is 0 Å². The molecule has 50 nitrogen and oxygen atoms in total. The topological polar surface area (TPSA) is 656 Å². The van der Waals surface area contributed by atoms with Gasteiger partial charge < -0.3 is 95.4 Å². The Labute approximate surface area is 632 Å². The van der Waals surface area contributed by atoms with Crippen molar-refractivity contribution in [3.63, 3.8) is 0 Å². The summed E-state index contributed by atoms with van der Waals surface area (Å²) in [5.41, 5.74) is 8.39. The van der Waals surface area contributed by atoms with Crippen molar-refractivity contribution in [2.45, 2.75) is 187 Å². The number of aromatic amines is 1. The first kappa shape index (κ1) is 72.4. The Morgan fingerprint density at radius 2 is 0.714 bits per heavy atom. The molecular weight excluding hydrogens is 1600 g/mol. The molecule has 12 aromatic rings. The van der Waals surface area contributed by atoms with E-state index in [2.05, 4.69) is 82.8 Å². The van der Waals surface area contributed by atoms with E-state index < -0.39 is 170 Å². The molecule has 15 N–H and O–H groups in total. The molecule has 24 atom stereocenters. The number of hydrogen-bond donors (Lipinski definition) is 14. The van der Waals surface area contributed by atoms with Gasteiger partial charge in [-0.2, -0.15) is 0 Å². The Morgan fingerprint density at radius 1 is 0.384 bits per heavy atom. The van der Waals surface area contributed by atoms with Crippen LogP contribution in [0.2, 0.25) is 5.02 Å². The highest BCUT2D eigenvalue weighted by atomic mass is 79.9. The molecule has 0 aromatic carbocycles. The van der Waals surface area contributed by atoms with Crippen molar-refractivity contribution in [1.29, 1.82) is 0 Å². The summed E-state index contributed by atoms with van der Waals surface area (Å²) in [6, 6.07) is 10.7. The van der Waals surface area contributed by atoms with Crippen LogP contribution in [0.4, 0.5) is 5.69 Å². The van der Waals surface area contributed by atoms with E-state index in [0.717, 1.165) is 10.2 Å². The minimum atomic E-state index is -1.25. The van der Waals surface area contributed by atoms with Crippen LogP contribution in [0.3, 0.4) is 0 Å². The van der Waals surface area contributed by atoms with Gasteiger partial charge in [0.05, 0.1) is 49.4 Å². The van der Waals surface area contributed by atoms with Crippen LogP contribution in [-0.4, -0.2) is 293 Å². The standard InChI is InChI=1S/C10H9BrN4O4.C10H9ClN4O4.C10H11N5O4.C10H10N4O4.C10H10N4O3S.C9H9N5O5/c2*11-3-1-4-8-14(13-12-4)2-5-6(16)7(17)10(19-5)15(8)9(3)18;11-3-1-5(16)15-9-6(3)12-13-14(9)2-4-7(17)8(18)10(15)19-4;15-6-2-1-4-9-13(12-11-4)3-5-7(16)8(17)10(18-5)14(6)9;15-7-5-3-13-9-4(11-12-13)1-2-6(18)14(9)10(17-5)8(7)16;15-4-2-1-13-7-3(11-12-13)6(17)10-9(18)14(7)8(19-2)5(4)16/h2*1,5-7,10,16-17H,2H2;1,4,7-8,10,17-18H,2,11H2;1-2,5,7-8,10,16-17H,3H2;1-2,5,7-8,10,15-16H,3H2;2,4-5,8,15-16H,1H2,(H,10,17,18)/t2*5-,6?,7?,10-;4-,7?,8?,10-;2*5-,7?,8?,10-;2-,4?,5?,8-/m111111/s1. The van der Waals surface area contributed by atoms with E-state index in [1.165, 1.54) is 59.9 Å². The third kappa shape index (κ3) is 10.8. The number of nitrogens with one attached hydrogen (secondary N) is 1. The van der Waals surface area contributed by atoms with E-state index in [0.29, 0.717) is 65.8 Å². The minimum absolute atomic E-state index is 0.00237. The van der Waals surface area contributed by atoms with Crippen LogP contribution in [0.1, 0.15) is 37.4 Å². The van der Waals surface area contributed by atoms with Crippen LogP contribution >= 0.6 is 39.7 Å². The van der Waals surface area contributed by atoms with Gasteiger partial charge in [-0.15, -0.1) is 30.6 Å². The molecule has 0 spiro atoms. The molecule has 12 aliphatic rings. The number of pyridine rings is 5. The highest BCUT2D eigenvalue weighted by molar-refractivity contribution is 9.10. The third-order valence-electron chi connectivity index (χ3n) is 21.5. The summed E-state index contributed by atoms with van der Waals surface area (Å²) in [5.74, 6) is 0. The third-order valence-corrected chi connectivity index (χ3v) is 22.6. The predicted molar refractivity (Wildman–Crippen MR) is 369 cm³/mol. The lowest BCUT2D eigenvalue weighted by Gasteiger charge is -2.20. The lowest BCUT2D eigenvalue weighted by Crippen LogP contribution is -2.40. The summed E-state index contributed by atoms with van der Waals surface area (Å²) >= 11 is 14.3. The van der Waals surface area contributed by atoms with E-state index in [1.807, 2.05) is 0 Å². The molecule has 588 valence electrons. The van der Waals surface area contributed by atoms with E-state index in [9.17, 15) is 90.0 Å². The predicted octanol–water partition coefficient (Wildman–Crippen LogP) is -9.59. The monoisotopic (exact) mass is 1660 g/mol. The summed E-state index contributed by atoms with van der Waals surface area (Å²) in [6.07, 6.45) is -22.3. The smallest absolute Gasteiger partial charge is 0.332 e. The number of aliphatic hydroxyl groups is 12. The molecule has 53 heteroatoms. The lowest BCUT2D eigenvalue weighted by atomic mass is 10.1. The Morgan fingerprint density at radius 3 is 1.17 bits per heavy atom. The van der Waals surface area contributed by atoms with Gasteiger partial charge in [-0.25, -0.2) is 37.5 Å². The van der Waals surface area contributed by atoms with Gasteiger partial charge in [-0.1, -0.05) is 55.1 Å². The first-order chi connectivity index (χ1) is 53.6. The number of nitrogens with zero attached hydrogens (tertiary/aromatic N) is 24. The maximum atomic E-state index is 12.3. The van der Waals surface area contributed by atoms with Crippen LogP contribution in [-0.2, 0) is 67.7 Å². The number of anilines is 1. The summed E-state index contributed by atoms with van der Waals surface area (Å²) in [5, 5.41) is 166. The Bertz CT molecular complexity index is 6100. The molecule has 12 bridgehead atoms. The number of halogens is 2. The van der Waals surface area contributed by atoms with E-state index >= 15 is 0 Å². The number of hydrogen-bond acceptors (Lipinski definition) is 38. The van der Waals surface area contributed by atoms with Crippen molar-refractivity contribution >= 4 is 112 Å². The van der Waals surface area contributed by atoms with E-state index in [4.69, 9.17) is 58.0 Å². The molecule has 0 aliphatic carbocycles. The number of nitrogens with two attached hydrogens (primary N) is 1. The van der Waals surface area contributed by atoms with Gasteiger partial charge in [-0.05, 0) is 46.3 Å². The van der Waals surface area contributed by atoms with Gasteiger partial charge in [0.25, 0.3) is 27.8 Å². The molecule has 0 saturated carbocycles. The zero-order valence-corrected chi connectivity index (χ0v) is 59.5. The maximum absolute atomic E-state index is 12.3. The SMILES string of the molecule is Nc1cc(=O)n2c3c1nnn3C[C@H]1O[C@@H]2C(O)C1O.O=c1[nH]c(=O)n2c3c1nnn3C[C@H]1O[C@@H]2C(O)C1O.O=c1c(Br)cc2nnn3c2n1[C@@H]1O[C@H](C3)C(O)C1O.O=c1c(Cl)cc2nnn3c2n1[C@@H]1O[C@H](C3)C(O)C1O.O=c1ccc2nnn3c2n1[C@@H]1O[C@H](C3)C(O)C1O.OC1C(O)[C@H]2Cn3nnc4ccc(=S)n(c43)[C@@H]1O2. The first-order valence-corrected chi connectivity index (χ1v) is 35.8. The van der Waals surface area contributed by atoms with Crippen molar-refractivity contribution in [2.75, 3.05) is 5.73 Å². The highest BCUT2D eigenvalue weighted by Gasteiger charge is 2.53. The molecule has 12 aliphatic heterocycles. The summed E-state index contributed by atoms with van der Waals surface area (Å²) < 4.78 is 50.9. The number of aliphatic hydroxyl groups excluding tert-OH is 12. The lowest BCUT2D eigenvalue weighted by molar-refractivity contribution is -0.0358. The molecule has 24 heterocycles. The normalized spacial score (nSPS) is 33.1. The second-order valence-corrected chi connectivity index (χ2v) is 29.6. The fraction of sp³-hybridized carbons (Fsp3) is 0.508. The quantitative estimate of drug-likeness (QED) is 0.0627. The number of H-pyrrole nitrogens is 1. The molecule has 24 rings (SSSR count). The van der Waals surface area contributed by atoms with Crippen molar-refractivity contribution in [2.24, 2.45) is 0 Å². The average Bonchev–Trinajstić information content (AvgIpc) is 1.64. The second-order valence-electron chi connectivity index (χ2n) is 27.9. The van der Waals surface area contributed by atoms with Crippen molar-refractivity contribution in [1.82, 2.24) is 122 Å². The maximum Gasteiger partial charge on any atom is 0.332 e. The van der Waals surface area contributed by atoms with Crippen LogP contribution < -0.4 is 39.2 Å². The van der Waals surface area contributed by atoms with Gasteiger partial charge in [0, 0.05) is 12.1 Å². The second kappa shape index (κ2) is 26.3. The van der Waals surface area contributed by atoms with Gasteiger partial charge in [0.1, 0.15) is 142 Å². The molecule has 12 unspecified atom stereocenters. The zero-order chi connectivity index (χ0) is 78.1. The van der Waals surface area contributed by atoms with Gasteiger partial charge in [-0.3, -0.25) is 51.8 Å². The summed E-state index contributed by atoms with van der Waals surface area (Å²) in [4.78, 5) is 74.2. The van der Waals surface area contributed by atoms with Gasteiger partial charge >= 0.3 is 5.69 Å². The van der Waals surface area contributed by atoms with Gasteiger partial charge in [0.15, 0.2) is 82.3 Å². The fourth-order valence-electron chi connectivity index (χ4n) is 16.0. The summed E-state index contributed by atoms with van der Waals surface area (Å²) in [7, 11) is 0. The van der Waals surface area contributed by atoms with Crippen LogP contribution in [0, 0.1) is 4.64 Å². The number of rotatable bonds is 0. The molecule has 12 aromatic heterocycles. The molecule has 112 heavy (non-hydrogen) atoms. The van der Waals surface area contributed by atoms with Crippen molar-refractivity contribution in [3.8, 4) is 0 Å². The molecule has 6 saturated heterocycles. The Balaban J connectivity index is 0.0000000905. The minimum Gasteiger partial charge on any atom is -0.397 e. The van der Waals surface area contributed by atoms with Gasteiger partial charge in [0.2, 0.25) is 0 Å². The Kier molecular flexibility index (Phi) is 17.0. The van der Waals surface area contributed by atoms with Crippen molar-refractivity contribution in [3.05, 3.63) is 119 Å². The number of nitrogen functional groups attached to an aromatic ring is 1. The van der Waals surface area contributed by atoms with E-state index in [1.54, 1.807) is 33.5 Å². The molecule has 6 fully saturated rings. The molecular formula is C59H58BrClN26O24S. The molecule has 0 amide bonds. The van der Waals surface area contributed by atoms with Crippen LogP contribution in [0.15, 0.2) is 75.7 Å². The van der Waals surface area contributed by atoms with Crippen molar-refractivity contribution < 1.29 is 89.7 Å². The number of aromatic nitrogens is 25. The molecule has 0 radical (unpaired) electrons. The fourth-order valence-corrected chi connectivity index (χ4v) is 16.9. The average molecular weight is 1660 g/mol. The van der Waals surface area contributed by atoms with Crippen LogP contribution in [0.25, 0.3) is 67.0 Å². The number of ether oxygens (including phenoxy) is 6. The highest BCUT2D eigenvalue weighted by Crippen LogP contribution is 2.41. The summed E-state index contributed by atoms with van der Waals surface area (Å²) in [6.45, 7) is 1.37. The Hall–Kier alpha value is -9.90. The van der Waals surface area contributed by atoms with E-state index in [-0.39, 0.29) is 65.7 Å². The largest absolute Gasteiger partial charge is 0.397 e. The zero-order valence-electron chi connectivity index (χ0n) is 56.4. The first-order valence-electron chi connectivity index (χ1n) is 34.2. The number of fused-ring (bicyclic) bond motifs is 18.